The number of urea groups is 1. The van der Waals surface area contributed by atoms with E-state index in [4.69, 9.17) is 11.6 Å². The number of alkyl halides is 1. The lowest BCUT2D eigenvalue weighted by molar-refractivity contribution is 0.0663. The van der Waals surface area contributed by atoms with Crippen LogP contribution in [0.2, 0.25) is 0 Å². The summed E-state index contributed by atoms with van der Waals surface area (Å²) in [7, 11) is 0. The van der Waals surface area contributed by atoms with Crippen molar-refractivity contribution in [3.63, 3.8) is 0 Å². The molecule has 0 aliphatic heterocycles. The van der Waals surface area contributed by atoms with E-state index in [0.717, 1.165) is 30.7 Å². The summed E-state index contributed by atoms with van der Waals surface area (Å²) in [5, 5.41) is 3.75. The van der Waals surface area contributed by atoms with Gasteiger partial charge in [0.15, 0.2) is 0 Å². The van der Waals surface area contributed by atoms with Crippen molar-refractivity contribution in [2.24, 2.45) is 5.29 Å². The lowest BCUT2D eigenvalue weighted by Crippen LogP contribution is -2.56. The molecule has 0 atom stereocenters. The van der Waals surface area contributed by atoms with Gasteiger partial charge in [-0.2, -0.15) is 5.01 Å². The van der Waals surface area contributed by atoms with Crippen LogP contribution in [0.15, 0.2) is 5.29 Å². The highest BCUT2D eigenvalue weighted by atomic mass is 35.5. The maximum absolute atomic E-state index is 12.5. The van der Waals surface area contributed by atoms with Gasteiger partial charge in [-0.15, -0.1) is 16.5 Å². The molecule has 0 saturated heterocycles. The van der Waals surface area contributed by atoms with E-state index >= 15 is 0 Å². The normalized spacial score (nSPS) is 17.1. The van der Waals surface area contributed by atoms with Gasteiger partial charge in [0, 0.05) is 17.5 Å². The minimum atomic E-state index is -0.325. The highest BCUT2D eigenvalue weighted by Crippen LogP contribution is 2.29. The van der Waals surface area contributed by atoms with Crippen LogP contribution < -0.4 is 0 Å². The van der Waals surface area contributed by atoms with Crippen molar-refractivity contribution < 1.29 is 4.79 Å². The van der Waals surface area contributed by atoms with E-state index < -0.39 is 0 Å². The second kappa shape index (κ2) is 7.08. The van der Waals surface area contributed by atoms with Crippen LogP contribution in [0.5, 0.6) is 0 Å². The summed E-state index contributed by atoms with van der Waals surface area (Å²) < 4.78 is 0. The topological polar surface area (TPSA) is 53.0 Å². The minimum Gasteiger partial charge on any atom is -0.315 e. The fourth-order valence-corrected chi connectivity index (χ4v) is 2.87. The van der Waals surface area contributed by atoms with Crippen molar-refractivity contribution in [1.29, 1.82) is 0 Å². The standard InChI is InChI=1S/C13H24ClN3O2/c1-13(2,3)17(11-7-5-4-6-8-11)12(18)16(15-19)10-9-14/h11H,4-10H2,1-3H3. The molecule has 0 N–H and O–H groups in total. The molecular formula is C13H24ClN3O2. The highest BCUT2D eigenvalue weighted by molar-refractivity contribution is 6.18. The van der Waals surface area contributed by atoms with Gasteiger partial charge in [-0.3, -0.25) is 0 Å². The zero-order valence-corrected chi connectivity index (χ0v) is 12.8. The number of hydrogen-bond acceptors (Lipinski definition) is 3. The first-order valence-electron chi connectivity index (χ1n) is 6.92. The Bertz CT molecular complexity index is 312. The highest BCUT2D eigenvalue weighted by Gasteiger charge is 2.36. The van der Waals surface area contributed by atoms with E-state index in [1.807, 2.05) is 20.8 Å². The Labute approximate surface area is 120 Å². The third-order valence-corrected chi connectivity index (χ3v) is 3.65. The Morgan fingerprint density at radius 3 is 2.26 bits per heavy atom. The van der Waals surface area contributed by atoms with Crippen LogP contribution in [0.3, 0.4) is 0 Å². The van der Waals surface area contributed by atoms with Crippen LogP contribution in [-0.2, 0) is 0 Å². The predicted octanol–water partition coefficient (Wildman–Crippen LogP) is 3.76. The van der Waals surface area contributed by atoms with Crippen LogP contribution in [0.1, 0.15) is 52.9 Å². The van der Waals surface area contributed by atoms with Crippen LogP contribution >= 0.6 is 11.6 Å². The first-order chi connectivity index (χ1) is 8.91. The number of amides is 2. The molecule has 0 bridgehead atoms. The first-order valence-corrected chi connectivity index (χ1v) is 7.45. The number of carbonyl (C=O) groups is 1. The van der Waals surface area contributed by atoms with Gasteiger partial charge in [0.1, 0.15) is 0 Å². The van der Waals surface area contributed by atoms with Crippen molar-refractivity contribution in [1.82, 2.24) is 9.91 Å². The zero-order chi connectivity index (χ0) is 14.5. The van der Waals surface area contributed by atoms with Crippen molar-refractivity contribution in [2.45, 2.75) is 64.5 Å². The summed E-state index contributed by atoms with van der Waals surface area (Å²) in [5.41, 5.74) is -0.325. The smallest absolute Gasteiger partial charge is 0.315 e. The summed E-state index contributed by atoms with van der Waals surface area (Å²) in [5.74, 6) is 0.208. The monoisotopic (exact) mass is 289 g/mol. The molecule has 1 fully saturated rings. The first kappa shape index (κ1) is 16.2. The molecule has 0 aromatic rings. The van der Waals surface area contributed by atoms with E-state index in [1.54, 1.807) is 4.90 Å². The summed E-state index contributed by atoms with van der Waals surface area (Å²) in [6, 6.07) is -0.129. The molecule has 1 saturated carbocycles. The van der Waals surface area contributed by atoms with Gasteiger partial charge in [0.25, 0.3) is 0 Å². The van der Waals surface area contributed by atoms with Gasteiger partial charge in [-0.25, -0.2) is 4.79 Å². The molecule has 0 aromatic heterocycles. The number of nitrogens with zero attached hydrogens (tertiary/aromatic N) is 3. The molecule has 6 heteroatoms. The molecule has 0 spiro atoms. The molecule has 0 unspecified atom stereocenters. The van der Waals surface area contributed by atoms with Gasteiger partial charge in [0.05, 0.1) is 11.8 Å². The number of hydrogen-bond donors (Lipinski definition) is 0. The van der Waals surface area contributed by atoms with E-state index in [0.29, 0.717) is 0 Å². The van der Waals surface area contributed by atoms with E-state index in [2.05, 4.69) is 5.29 Å². The SMILES string of the molecule is CC(C)(C)N(C(=O)N(CCCl)N=O)C1CCCCC1. The molecule has 1 aliphatic rings. The lowest BCUT2D eigenvalue weighted by Gasteiger charge is -2.44. The molecule has 1 aliphatic carbocycles. The number of carbonyl (C=O) groups excluding carboxylic acids is 1. The maximum Gasteiger partial charge on any atom is 0.343 e. The summed E-state index contributed by atoms with van der Waals surface area (Å²) in [6.45, 7) is 6.12. The zero-order valence-electron chi connectivity index (χ0n) is 12.1. The molecule has 0 radical (unpaired) electrons. The molecule has 0 aromatic carbocycles. The molecule has 5 nitrogen and oxygen atoms in total. The van der Waals surface area contributed by atoms with Crippen LogP contribution in [0.25, 0.3) is 0 Å². The minimum absolute atomic E-state index is 0.156. The van der Waals surface area contributed by atoms with E-state index in [1.165, 1.54) is 6.42 Å². The van der Waals surface area contributed by atoms with Gasteiger partial charge in [0.2, 0.25) is 0 Å². The van der Waals surface area contributed by atoms with Gasteiger partial charge in [-0.1, -0.05) is 19.3 Å². The van der Waals surface area contributed by atoms with Crippen LogP contribution in [0, 0.1) is 4.91 Å². The fourth-order valence-electron chi connectivity index (χ4n) is 2.71. The summed E-state index contributed by atoms with van der Waals surface area (Å²) in [6.07, 6.45) is 5.48. The maximum atomic E-state index is 12.5. The van der Waals surface area contributed by atoms with Gasteiger partial charge >= 0.3 is 6.03 Å². The Balaban J connectivity index is 2.89. The second-order valence-corrected chi connectivity index (χ2v) is 6.39. The van der Waals surface area contributed by atoms with Crippen molar-refractivity contribution in [3.05, 3.63) is 4.91 Å². The number of halogens is 1. The Morgan fingerprint density at radius 1 is 1.26 bits per heavy atom. The largest absolute Gasteiger partial charge is 0.343 e. The molecule has 110 valence electrons. The molecule has 19 heavy (non-hydrogen) atoms. The van der Waals surface area contributed by atoms with E-state index in [9.17, 15) is 9.70 Å². The number of nitroso groups, excluding NO2 is 1. The van der Waals surface area contributed by atoms with Crippen molar-refractivity contribution in [3.8, 4) is 0 Å². The van der Waals surface area contributed by atoms with Crippen LogP contribution in [-0.4, -0.2) is 39.9 Å². The summed E-state index contributed by atoms with van der Waals surface area (Å²) >= 11 is 5.61. The van der Waals surface area contributed by atoms with Crippen LogP contribution in [0.4, 0.5) is 4.79 Å². The third kappa shape index (κ3) is 4.34. The lowest BCUT2D eigenvalue weighted by atomic mass is 9.91. The molecule has 0 heterocycles. The quantitative estimate of drug-likeness (QED) is 0.449. The summed E-state index contributed by atoms with van der Waals surface area (Å²) in [4.78, 5) is 25.1. The Hall–Kier alpha value is -0.840. The van der Waals surface area contributed by atoms with Gasteiger partial charge < -0.3 is 4.90 Å². The average Bonchev–Trinajstić information content (AvgIpc) is 2.35. The van der Waals surface area contributed by atoms with Crippen molar-refractivity contribution in [2.75, 3.05) is 12.4 Å². The molecule has 2 amide bonds. The predicted molar refractivity (Wildman–Crippen MR) is 77.1 cm³/mol. The molecule has 1 rings (SSSR count). The Kier molecular flexibility index (Phi) is 6.04. The molecular weight excluding hydrogens is 266 g/mol. The van der Waals surface area contributed by atoms with E-state index in [-0.39, 0.29) is 30.0 Å². The fraction of sp³-hybridized carbons (Fsp3) is 0.923. The number of rotatable bonds is 4. The van der Waals surface area contributed by atoms with Gasteiger partial charge in [-0.05, 0) is 33.6 Å². The van der Waals surface area contributed by atoms with Crippen molar-refractivity contribution >= 4 is 17.6 Å². The average molecular weight is 290 g/mol. The Morgan fingerprint density at radius 2 is 1.84 bits per heavy atom. The second-order valence-electron chi connectivity index (χ2n) is 6.01. The third-order valence-electron chi connectivity index (χ3n) is 3.48.